The topological polar surface area (TPSA) is 64.8 Å². The first-order valence-corrected chi connectivity index (χ1v) is 11.8. The van der Waals surface area contributed by atoms with Gasteiger partial charge in [0.15, 0.2) is 0 Å². The van der Waals surface area contributed by atoms with Gasteiger partial charge in [-0.15, -0.1) is 11.3 Å². The molecule has 2 aliphatic carbocycles. The smallest absolute Gasteiger partial charge is 0.236 e. The van der Waals surface area contributed by atoms with Crippen molar-refractivity contribution < 1.29 is 8.42 Å². The summed E-state index contributed by atoms with van der Waals surface area (Å²) in [4.78, 5) is 5.32. The highest BCUT2D eigenvalue weighted by molar-refractivity contribution is 7.93. The highest BCUT2D eigenvalue weighted by atomic mass is 32.2. The summed E-state index contributed by atoms with van der Waals surface area (Å²) < 4.78 is 27.9. The molecular formula is C20H21N3O2S2. The molecule has 0 saturated heterocycles. The molecule has 0 saturated carbocycles. The number of thiazole rings is 1. The summed E-state index contributed by atoms with van der Waals surface area (Å²) >= 11 is 1.24. The van der Waals surface area contributed by atoms with Gasteiger partial charge in [0.1, 0.15) is 4.90 Å². The molecule has 2 aromatic heterocycles. The van der Waals surface area contributed by atoms with E-state index in [1.54, 1.807) is 17.1 Å². The van der Waals surface area contributed by atoms with Crippen LogP contribution in [0.5, 0.6) is 0 Å². The van der Waals surface area contributed by atoms with E-state index in [1.807, 2.05) is 6.92 Å². The minimum Gasteiger partial charge on any atom is -0.239 e. The molecule has 5 nitrogen and oxygen atoms in total. The van der Waals surface area contributed by atoms with Crippen molar-refractivity contribution in [3.8, 4) is 5.69 Å². The Bertz CT molecular complexity index is 1110. The Morgan fingerprint density at radius 1 is 1.07 bits per heavy atom. The zero-order chi connectivity index (χ0) is 18.6. The van der Waals surface area contributed by atoms with Gasteiger partial charge >= 0.3 is 0 Å². The Morgan fingerprint density at radius 3 is 2.41 bits per heavy atom. The van der Waals surface area contributed by atoms with E-state index >= 15 is 0 Å². The van der Waals surface area contributed by atoms with E-state index in [0.717, 1.165) is 55.5 Å². The second-order valence-corrected chi connectivity index (χ2v) is 10.5. The SMILES string of the molecule is CCc1cnc(S(=O)(=O)c2cnn(-c3c4c(cc5c3CCC5)CCC4)c2)s1. The summed E-state index contributed by atoms with van der Waals surface area (Å²) in [5.41, 5.74) is 6.67. The van der Waals surface area contributed by atoms with Gasteiger partial charge in [-0.05, 0) is 67.2 Å². The molecule has 5 rings (SSSR count). The van der Waals surface area contributed by atoms with E-state index in [-0.39, 0.29) is 9.24 Å². The van der Waals surface area contributed by atoms with Gasteiger partial charge in [0.05, 0.1) is 11.9 Å². The second kappa shape index (κ2) is 6.27. The zero-order valence-electron chi connectivity index (χ0n) is 15.2. The lowest BCUT2D eigenvalue weighted by Crippen LogP contribution is -2.06. The van der Waals surface area contributed by atoms with Gasteiger partial charge in [-0.1, -0.05) is 13.0 Å². The number of benzene rings is 1. The fourth-order valence-electron chi connectivity index (χ4n) is 4.31. The lowest BCUT2D eigenvalue weighted by molar-refractivity contribution is 0.595. The van der Waals surface area contributed by atoms with Gasteiger partial charge < -0.3 is 0 Å². The molecule has 7 heteroatoms. The minimum atomic E-state index is -3.62. The first kappa shape index (κ1) is 17.1. The number of fused-ring (bicyclic) bond motifs is 2. The van der Waals surface area contributed by atoms with Gasteiger partial charge in [-0.3, -0.25) is 0 Å². The number of rotatable bonds is 4. The summed E-state index contributed by atoms with van der Waals surface area (Å²) in [6.07, 6.45) is 12.2. The minimum absolute atomic E-state index is 0.155. The van der Waals surface area contributed by atoms with Crippen molar-refractivity contribution in [1.82, 2.24) is 14.8 Å². The Balaban J connectivity index is 1.61. The molecule has 3 aromatic rings. The number of sulfone groups is 1. The molecule has 0 radical (unpaired) electrons. The van der Waals surface area contributed by atoms with Crippen LogP contribution in [0.3, 0.4) is 0 Å². The Labute approximate surface area is 163 Å². The van der Waals surface area contributed by atoms with Crippen molar-refractivity contribution in [2.45, 2.75) is 61.1 Å². The molecular weight excluding hydrogens is 378 g/mol. The number of hydrogen-bond acceptors (Lipinski definition) is 5. The molecule has 2 aliphatic rings. The van der Waals surface area contributed by atoms with Crippen LogP contribution in [-0.4, -0.2) is 23.2 Å². The van der Waals surface area contributed by atoms with Crippen molar-refractivity contribution in [2.75, 3.05) is 0 Å². The van der Waals surface area contributed by atoms with Gasteiger partial charge in [0, 0.05) is 17.3 Å². The third-order valence-corrected chi connectivity index (χ3v) is 8.89. The quantitative estimate of drug-likeness (QED) is 0.671. The van der Waals surface area contributed by atoms with E-state index < -0.39 is 9.84 Å². The summed E-state index contributed by atoms with van der Waals surface area (Å²) in [5, 5.41) is 4.47. The molecule has 0 N–H and O–H groups in total. The molecule has 0 unspecified atom stereocenters. The van der Waals surface area contributed by atoms with Crippen LogP contribution in [0, 0.1) is 0 Å². The molecule has 0 aliphatic heterocycles. The number of aryl methyl sites for hydroxylation is 3. The van der Waals surface area contributed by atoms with E-state index in [1.165, 1.54) is 39.8 Å². The Morgan fingerprint density at radius 2 is 1.78 bits per heavy atom. The van der Waals surface area contributed by atoms with Crippen LogP contribution in [0.2, 0.25) is 0 Å². The summed E-state index contributed by atoms with van der Waals surface area (Å²) in [6.45, 7) is 2.00. The fraction of sp³-hybridized carbons (Fsp3) is 0.400. The third kappa shape index (κ3) is 2.67. The predicted octanol–water partition coefficient (Wildman–Crippen LogP) is 3.70. The normalized spacial score (nSPS) is 15.9. The largest absolute Gasteiger partial charge is 0.239 e. The average molecular weight is 400 g/mol. The maximum Gasteiger partial charge on any atom is 0.236 e. The maximum absolute atomic E-state index is 13.0. The van der Waals surface area contributed by atoms with E-state index in [4.69, 9.17) is 0 Å². The number of hydrogen-bond donors (Lipinski definition) is 0. The van der Waals surface area contributed by atoms with Crippen molar-refractivity contribution in [3.05, 3.63) is 51.8 Å². The first-order valence-electron chi connectivity index (χ1n) is 9.49. The lowest BCUT2D eigenvalue weighted by atomic mass is 9.99. The summed E-state index contributed by atoms with van der Waals surface area (Å²) in [7, 11) is -3.62. The summed E-state index contributed by atoms with van der Waals surface area (Å²) in [6, 6.07) is 2.37. The maximum atomic E-state index is 13.0. The number of aromatic nitrogens is 3. The Hall–Kier alpha value is -1.99. The van der Waals surface area contributed by atoms with Crippen LogP contribution in [0.1, 0.15) is 46.9 Å². The van der Waals surface area contributed by atoms with Gasteiger partial charge in [-0.25, -0.2) is 18.1 Å². The van der Waals surface area contributed by atoms with Crippen molar-refractivity contribution >= 4 is 21.2 Å². The highest BCUT2D eigenvalue weighted by Gasteiger charge is 2.28. The van der Waals surface area contributed by atoms with Gasteiger partial charge in [0.25, 0.3) is 0 Å². The fourth-order valence-corrected chi connectivity index (χ4v) is 6.75. The Kier molecular flexibility index (Phi) is 3.98. The van der Waals surface area contributed by atoms with Crippen LogP contribution in [0.4, 0.5) is 0 Å². The predicted molar refractivity (Wildman–Crippen MR) is 105 cm³/mol. The molecule has 0 bridgehead atoms. The molecule has 2 heterocycles. The van der Waals surface area contributed by atoms with Gasteiger partial charge in [0.2, 0.25) is 14.2 Å². The van der Waals surface area contributed by atoms with Crippen LogP contribution in [-0.2, 0) is 41.9 Å². The van der Waals surface area contributed by atoms with E-state index in [0.29, 0.717) is 0 Å². The standard InChI is InChI=1S/C20H21N3O2S2/c1-2-15-10-21-20(26-15)27(24,25)16-11-22-23(12-16)19-17-7-3-5-13(17)9-14-6-4-8-18(14)19/h9-12H,2-8H2,1H3. The molecule has 140 valence electrons. The zero-order valence-corrected chi connectivity index (χ0v) is 16.9. The van der Waals surface area contributed by atoms with Crippen molar-refractivity contribution in [2.24, 2.45) is 0 Å². The molecule has 0 atom stereocenters. The van der Waals surface area contributed by atoms with Crippen LogP contribution < -0.4 is 0 Å². The monoisotopic (exact) mass is 399 g/mol. The molecule has 1 aromatic carbocycles. The molecule has 0 amide bonds. The van der Waals surface area contributed by atoms with Crippen molar-refractivity contribution in [3.63, 3.8) is 0 Å². The van der Waals surface area contributed by atoms with Crippen LogP contribution >= 0.6 is 11.3 Å². The molecule has 27 heavy (non-hydrogen) atoms. The summed E-state index contributed by atoms with van der Waals surface area (Å²) in [5.74, 6) is 0. The highest BCUT2D eigenvalue weighted by Crippen LogP contribution is 2.37. The number of nitrogens with zero attached hydrogens (tertiary/aromatic N) is 3. The van der Waals surface area contributed by atoms with Gasteiger partial charge in [-0.2, -0.15) is 5.10 Å². The molecule has 0 spiro atoms. The molecule has 0 fully saturated rings. The van der Waals surface area contributed by atoms with Crippen LogP contribution in [0.25, 0.3) is 5.69 Å². The van der Waals surface area contributed by atoms with Crippen LogP contribution in [0.15, 0.2) is 33.9 Å². The average Bonchev–Trinajstić information content (AvgIpc) is 3.45. The lowest BCUT2D eigenvalue weighted by Gasteiger charge is -2.14. The van der Waals surface area contributed by atoms with E-state index in [2.05, 4.69) is 16.1 Å². The van der Waals surface area contributed by atoms with E-state index in [9.17, 15) is 8.42 Å². The first-order chi connectivity index (χ1) is 13.1. The third-order valence-electron chi connectivity index (χ3n) is 5.65. The second-order valence-electron chi connectivity index (χ2n) is 7.28. The van der Waals surface area contributed by atoms with Crippen molar-refractivity contribution in [1.29, 1.82) is 0 Å².